The van der Waals surface area contributed by atoms with Gasteiger partial charge in [0.25, 0.3) is 5.91 Å². The Labute approximate surface area is 209 Å². The van der Waals surface area contributed by atoms with E-state index in [-0.39, 0.29) is 23.1 Å². The van der Waals surface area contributed by atoms with E-state index in [4.69, 9.17) is 0 Å². The molecule has 1 aromatic heterocycles. The molecule has 2 N–H and O–H groups in total. The summed E-state index contributed by atoms with van der Waals surface area (Å²) in [6, 6.07) is 13.4. The smallest absolute Gasteiger partial charge is 0.257 e. The third-order valence-electron chi connectivity index (χ3n) is 9.06. The van der Waals surface area contributed by atoms with E-state index in [1.165, 1.54) is 25.3 Å². The molecule has 4 fully saturated rings. The summed E-state index contributed by atoms with van der Waals surface area (Å²) in [6.45, 7) is 0. The Morgan fingerprint density at radius 3 is 2.33 bits per heavy atom. The van der Waals surface area contributed by atoms with Crippen LogP contribution in [0.4, 0.5) is 14.6 Å². The summed E-state index contributed by atoms with van der Waals surface area (Å²) >= 11 is 0. The van der Waals surface area contributed by atoms with E-state index in [0.717, 1.165) is 48.6 Å². The average Bonchev–Trinajstić information content (AvgIpc) is 3.29. The molecule has 4 bridgehead atoms. The van der Waals surface area contributed by atoms with E-state index in [9.17, 15) is 13.6 Å². The zero-order valence-corrected chi connectivity index (χ0v) is 20.1. The van der Waals surface area contributed by atoms with Gasteiger partial charge in [0.05, 0.1) is 18.3 Å². The standard InChI is InChI=1S/C29H30F2N4O/c30-23-8-4-7-21(26(23)31)24-12-25(20-5-2-1-3-6-20)35-27(33-24)22(16-32-35)28(36)34-29-13-17-9-18(14-29)11-19(10-17)15-29/h1-8,16-19,24-25,33H,9-15H2,(H,34,36). The van der Waals surface area contributed by atoms with Crippen LogP contribution in [-0.4, -0.2) is 21.2 Å². The van der Waals surface area contributed by atoms with Gasteiger partial charge in [0, 0.05) is 11.1 Å². The summed E-state index contributed by atoms with van der Waals surface area (Å²) in [5.41, 5.74) is 1.62. The molecule has 2 aromatic carbocycles. The minimum Gasteiger partial charge on any atom is -0.363 e. The van der Waals surface area contributed by atoms with E-state index in [1.54, 1.807) is 12.3 Å². The lowest BCUT2D eigenvalue weighted by molar-refractivity contribution is -0.0166. The quantitative estimate of drug-likeness (QED) is 0.473. The number of rotatable bonds is 4. The number of hydrogen-bond donors (Lipinski definition) is 2. The Kier molecular flexibility index (Phi) is 4.98. The number of amides is 1. The summed E-state index contributed by atoms with van der Waals surface area (Å²) in [5.74, 6) is 0.873. The van der Waals surface area contributed by atoms with Crippen LogP contribution >= 0.6 is 0 Å². The minimum atomic E-state index is -0.871. The van der Waals surface area contributed by atoms with Gasteiger partial charge in [0.15, 0.2) is 11.6 Å². The van der Waals surface area contributed by atoms with E-state index in [1.807, 2.05) is 35.0 Å². The molecule has 36 heavy (non-hydrogen) atoms. The Hall–Kier alpha value is -3.22. The molecule has 4 aliphatic carbocycles. The van der Waals surface area contributed by atoms with Crippen molar-refractivity contribution in [3.63, 3.8) is 0 Å². The van der Waals surface area contributed by atoms with Gasteiger partial charge in [-0.3, -0.25) is 4.79 Å². The van der Waals surface area contributed by atoms with Crippen LogP contribution in [0.25, 0.3) is 0 Å². The van der Waals surface area contributed by atoms with E-state index >= 15 is 0 Å². The highest BCUT2D eigenvalue weighted by atomic mass is 19.2. The van der Waals surface area contributed by atoms with Gasteiger partial charge >= 0.3 is 0 Å². The molecule has 0 radical (unpaired) electrons. The Balaban J connectivity index is 1.24. The first kappa shape index (κ1) is 22.0. The Morgan fingerprint density at radius 1 is 0.944 bits per heavy atom. The summed E-state index contributed by atoms with van der Waals surface area (Å²) in [7, 11) is 0. The van der Waals surface area contributed by atoms with E-state index in [0.29, 0.717) is 17.8 Å². The summed E-state index contributed by atoms with van der Waals surface area (Å²) in [6.07, 6.45) is 9.20. The van der Waals surface area contributed by atoms with Crippen LogP contribution in [0.3, 0.4) is 0 Å². The molecular weight excluding hydrogens is 458 g/mol. The minimum absolute atomic E-state index is 0.123. The van der Waals surface area contributed by atoms with Crippen molar-refractivity contribution in [1.29, 1.82) is 0 Å². The van der Waals surface area contributed by atoms with Crippen LogP contribution in [0.1, 0.15) is 78.5 Å². The number of nitrogens with one attached hydrogen (secondary N) is 2. The summed E-state index contributed by atoms with van der Waals surface area (Å²) in [5, 5.41) is 11.4. The highest BCUT2D eigenvalue weighted by molar-refractivity contribution is 5.99. The lowest BCUT2D eigenvalue weighted by Crippen LogP contribution is -2.59. The fraction of sp³-hybridized carbons (Fsp3) is 0.448. The molecule has 1 aliphatic heterocycles. The highest BCUT2D eigenvalue weighted by Gasteiger charge is 2.52. The molecule has 186 valence electrons. The van der Waals surface area contributed by atoms with Gasteiger partial charge in [-0.15, -0.1) is 0 Å². The second-order valence-corrected chi connectivity index (χ2v) is 11.5. The molecule has 2 heterocycles. The van der Waals surface area contributed by atoms with Crippen molar-refractivity contribution in [3.8, 4) is 0 Å². The van der Waals surface area contributed by atoms with Crippen LogP contribution in [0, 0.1) is 29.4 Å². The molecule has 3 aromatic rings. The molecule has 7 heteroatoms. The van der Waals surface area contributed by atoms with Crippen molar-refractivity contribution < 1.29 is 13.6 Å². The molecule has 0 spiro atoms. The maximum Gasteiger partial charge on any atom is 0.257 e. The number of anilines is 1. The second-order valence-electron chi connectivity index (χ2n) is 11.5. The third-order valence-corrected chi connectivity index (χ3v) is 9.06. The maximum atomic E-state index is 14.8. The number of fused-ring (bicyclic) bond motifs is 1. The van der Waals surface area contributed by atoms with Gasteiger partial charge in [0.2, 0.25) is 0 Å². The number of aromatic nitrogens is 2. The first-order chi connectivity index (χ1) is 17.5. The summed E-state index contributed by atoms with van der Waals surface area (Å²) in [4.78, 5) is 13.7. The second kappa shape index (κ2) is 8.15. The van der Waals surface area contributed by atoms with Crippen molar-refractivity contribution in [2.24, 2.45) is 17.8 Å². The molecule has 2 atom stereocenters. The normalized spacial score (nSPS) is 32.1. The molecule has 5 nitrogen and oxygen atoms in total. The van der Waals surface area contributed by atoms with Crippen molar-refractivity contribution >= 4 is 11.7 Å². The molecule has 5 aliphatic rings. The van der Waals surface area contributed by atoms with Crippen molar-refractivity contribution in [2.45, 2.75) is 62.6 Å². The monoisotopic (exact) mass is 488 g/mol. The van der Waals surface area contributed by atoms with Gasteiger partial charge in [-0.25, -0.2) is 13.5 Å². The zero-order valence-electron chi connectivity index (χ0n) is 20.1. The number of halogens is 2. The van der Waals surface area contributed by atoms with Gasteiger partial charge in [0.1, 0.15) is 11.4 Å². The van der Waals surface area contributed by atoms with E-state index in [2.05, 4.69) is 15.7 Å². The first-order valence-corrected chi connectivity index (χ1v) is 13.1. The first-order valence-electron chi connectivity index (χ1n) is 13.1. The third kappa shape index (κ3) is 3.54. The SMILES string of the molecule is O=C(NC12CC3CC(CC(C3)C1)C2)c1cnn2c1NC(c1cccc(F)c1F)CC2c1ccccc1. The molecule has 2 unspecified atom stereocenters. The topological polar surface area (TPSA) is 59.0 Å². The molecular formula is C29H30F2N4O. The highest BCUT2D eigenvalue weighted by Crippen LogP contribution is 2.55. The molecule has 8 rings (SSSR count). The van der Waals surface area contributed by atoms with Crippen LogP contribution in [0.2, 0.25) is 0 Å². The van der Waals surface area contributed by atoms with Gasteiger partial charge < -0.3 is 10.6 Å². The summed E-state index contributed by atoms with van der Waals surface area (Å²) < 4.78 is 30.8. The van der Waals surface area contributed by atoms with Crippen molar-refractivity contribution in [1.82, 2.24) is 15.1 Å². The predicted octanol–water partition coefficient (Wildman–Crippen LogP) is 6.01. The number of carbonyl (C=O) groups is 1. The van der Waals surface area contributed by atoms with Gasteiger partial charge in [-0.05, 0) is 74.3 Å². The van der Waals surface area contributed by atoms with Gasteiger partial charge in [-0.1, -0.05) is 42.5 Å². The van der Waals surface area contributed by atoms with Gasteiger partial charge in [-0.2, -0.15) is 5.10 Å². The number of benzene rings is 2. The molecule has 1 amide bonds. The predicted molar refractivity (Wildman–Crippen MR) is 133 cm³/mol. The van der Waals surface area contributed by atoms with Crippen LogP contribution < -0.4 is 10.6 Å². The molecule has 4 saturated carbocycles. The lowest BCUT2D eigenvalue weighted by Gasteiger charge is -2.56. The van der Waals surface area contributed by atoms with Crippen molar-refractivity contribution in [2.75, 3.05) is 5.32 Å². The average molecular weight is 489 g/mol. The van der Waals surface area contributed by atoms with Crippen molar-refractivity contribution in [3.05, 3.63) is 83.1 Å². The largest absolute Gasteiger partial charge is 0.363 e. The fourth-order valence-corrected chi connectivity index (χ4v) is 7.97. The number of hydrogen-bond acceptors (Lipinski definition) is 3. The van der Waals surface area contributed by atoms with Crippen LogP contribution in [0.5, 0.6) is 0 Å². The number of carbonyl (C=O) groups excluding carboxylic acids is 1. The Bertz CT molecular complexity index is 1280. The number of nitrogens with zero attached hydrogens (tertiary/aromatic N) is 2. The van der Waals surface area contributed by atoms with Crippen LogP contribution in [-0.2, 0) is 0 Å². The Morgan fingerprint density at radius 2 is 1.64 bits per heavy atom. The molecule has 0 saturated heterocycles. The lowest BCUT2D eigenvalue weighted by atomic mass is 9.53. The van der Waals surface area contributed by atoms with Crippen LogP contribution in [0.15, 0.2) is 54.7 Å². The fourth-order valence-electron chi connectivity index (χ4n) is 7.97. The maximum absolute atomic E-state index is 14.8. The zero-order chi connectivity index (χ0) is 24.4. The van der Waals surface area contributed by atoms with E-state index < -0.39 is 17.7 Å².